The van der Waals surface area contributed by atoms with Crippen molar-refractivity contribution >= 4 is 12.1 Å². The Morgan fingerprint density at radius 2 is 1.50 bits per heavy atom. The first kappa shape index (κ1) is 18.5. The number of carbonyl (C=O) groups excluding carboxylic acids is 2. The summed E-state index contributed by atoms with van der Waals surface area (Å²) in [6, 6.07) is -0.790. The van der Waals surface area contributed by atoms with Crippen LogP contribution in [0.5, 0.6) is 0 Å². The van der Waals surface area contributed by atoms with E-state index in [2.05, 4.69) is 11.9 Å². The summed E-state index contributed by atoms with van der Waals surface area (Å²) in [6.07, 6.45) is -0.330. The van der Waals surface area contributed by atoms with Crippen LogP contribution in [0.4, 0.5) is 4.79 Å². The largest absolute Gasteiger partial charge is 0.458 e. The van der Waals surface area contributed by atoms with E-state index in [0.29, 0.717) is 6.42 Å². The van der Waals surface area contributed by atoms with Crippen molar-refractivity contribution in [1.82, 2.24) is 5.32 Å². The number of carbonyl (C=O) groups is 2. The van der Waals surface area contributed by atoms with Gasteiger partial charge < -0.3 is 14.8 Å². The van der Waals surface area contributed by atoms with Gasteiger partial charge in [0.15, 0.2) is 0 Å². The molecule has 1 N–H and O–H groups in total. The molecule has 0 bridgehead atoms. The Bertz CT molecular complexity index is 374. The third-order valence-corrected chi connectivity index (χ3v) is 1.93. The van der Waals surface area contributed by atoms with Crippen LogP contribution in [0.3, 0.4) is 0 Å². The van der Waals surface area contributed by atoms with E-state index in [9.17, 15) is 9.59 Å². The molecule has 0 spiro atoms. The van der Waals surface area contributed by atoms with Crippen LogP contribution in [0.1, 0.15) is 54.9 Å². The van der Waals surface area contributed by atoms with Crippen LogP contribution in [0, 0.1) is 0 Å². The van der Waals surface area contributed by atoms with Gasteiger partial charge in [-0.3, -0.25) is 0 Å². The summed E-state index contributed by atoms with van der Waals surface area (Å²) in [4.78, 5) is 23.8. The molecule has 0 saturated carbocycles. The number of nitrogens with one attached hydrogen (secondary N) is 1. The highest BCUT2D eigenvalue weighted by Gasteiger charge is 2.28. The van der Waals surface area contributed by atoms with Gasteiger partial charge in [0, 0.05) is 0 Å². The highest BCUT2D eigenvalue weighted by atomic mass is 16.6. The van der Waals surface area contributed by atoms with Crippen molar-refractivity contribution in [2.75, 3.05) is 0 Å². The third-order valence-electron chi connectivity index (χ3n) is 1.93. The number of esters is 1. The molecule has 5 nitrogen and oxygen atoms in total. The number of alkyl carbamates (subject to hydrolysis) is 1. The molecule has 0 aliphatic rings. The molecule has 0 aliphatic heterocycles. The van der Waals surface area contributed by atoms with Gasteiger partial charge in [0.1, 0.15) is 17.2 Å². The zero-order chi connectivity index (χ0) is 16.1. The van der Waals surface area contributed by atoms with Gasteiger partial charge >= 0.3 is 12.1 Å². The summed E-state index contributed by atoms with van der Waals surface area (Å²) >= 11 is 0. The second kappa shape index (κ2) is 6.77. The molecule has 1 unspecified atom stereocenters. The monoisotopic (exact) mass is 285 g/mol. The Hall–Kier alpha value is -1.52. The minimum atomic E-state index is -0.790. The fourth-order valence-electron chi connectivity index (χ4n) is 1.36. The summed E-state index contributed by atoms with van der Waals surface area (Å²) in [7, 11) is 0. The number of hydrogen-bond donors (Lipinski definition) is 1. The molecule has 0 aromatic carbocycles. The maximum Gasteiger partial charge on any atom is 0.408 e. The summed E-state index contributed by atoms with van der Waals surface area (Å²) in [5.41, 5.74) is -0.455. The lowest BCUT2D eigenvalue weighted by Gasteiger charge is -2.26. The van der Waals surface area contributed by atoms with Crippen LogP contribution < -0.4 is 5.32 Å². The van der Waals surface area contributed by atoms with Gasteiger partial charge in [-0.1, -0.05) is 5.57 Å². The quantitative estimate of drug-likeness (QED) is 0.636. The molecular weight excluding hydrogens is 258 g/mol. The maximum atomic E-state index is 12.1. The van der Waals surface area contributed by atoms with Crippen LogP contribution in [-0.2, 0) is 14.3 Å². The summed E-state index contributed by atoms with van der Waals surface area (Å²) in [5.74, 6) is -0.494. The van der Waals surface area contributed by atoms with Crippen molar-refractivity contribution in [3.63, 3.8) is 0 Å². The Kier molecular flexibility index (Phi) is 6.26. The van der Waals surface area contributed by atoms with Gasteiger partial charge in [0.25, 0.3) is 0 Å². The predicted molar refractivity (Wildman–Crippen MR) is 78.4 cm³/mol. The van der Waals surface area contributed by atoms with E-state index in [0.717, 1.165) is 5.57 Å². The molecule has 0 saturated heterocycles. The van der Waals surface area contributed by atoms with Crippen molar-refractivity contribution in [2.24, 2.45) is 0 Å². The van der Waals surface area contributed by atoms with Crippen molar-refractivity contribution in [3.8, 4) is 0 Å². The zero-order valence-corrected chi connectivity index (χ0v) is 13.6. The average Bonchev–Trinajstić information content (AvgIpc) is 2.09. The van der Waals surface area contributed by atoms with Crippen molar-refractivity contribution in [3.05, 3.63) is 12.2 Å². The standard InChI is InChI=1S/C15H27NO4/c1-10(2)9-11(12(17)19-14(3,4)5)16-13(18)20-15(6,7)8/h11H,1,9H2,2-8H3,(H,16,18). The van der Waals surface area contributed by atoms with E-state index in [-0.39, 0.29) is 0 Å². The second-order valence-corrected chi connectivity index (χ2v) is 6.89. The zero-order valence-electron chi connectivity index (χ0n) is 13.6. The minimum Gasteiger partial charge on any atom is -0.458 e. The average molecular weight is 285 g/mol. The van der Waals surface area contributed by atoms with E-state index in [1.807, 2.05) is 0 Å². The maximum absolute atomic E-state index is 12.1. The molecule has 0 fully saturated rings. The Morgan fingerprint density at radius 1 is 1.05 bits per heavy atom. The number of hydrogen-bond acceptors (Lipinski definition) is 4. The number of ether oxygens (including phenoxy) is 2. The van der Waals surface area contributed by atoms with E-state index in [1.54, 1.807) is 48.5 Å². The molecule has 0 aromatic rings. The molecule has 20 heavy (non-hydrogen) atoms. The molecule has 5 heteroatoms. The summed E-state index contributed by atoms with van der Waals surface area (Å²) < 4.78 is 10.4. The summed E-state index contributed by atoms with van der Waals surface area (Å²) in [6.45, 7) is 16.1. The number of amides is 1. The van der Waals surface area contributed by atoms with Crippen LogP contribution in [0.25, 0.3) is 0 Å². The highest BCUT2D eigenvalue weighted by molar-refractivity contribution is 5.82. The van der Waals surface area contributed by atoms with Crippen molar-refractivity contribution in [2.45, 2.75) is 72.1 Å². The molecule has 116 valence electrons. The lowest BCUT2D eigenvalue weighted by Crippen LogP contribution is -2.46. The first-order valence-electron chi connectivity index (χ1n) is 6.67. The van der Waals surface area contributed by atoms with Gasteiger partial charge in [-0.25, -0.2) is 9.59 Å². The SMILES string of the molecule is C=C(C)CC(NC(=O)OC(C)(C)C)C(=O)OC(C)(C)C. The smallest absolute Gasteiger partial charge is 0.408 e. The molecular formula is C15H27NO4. The Morgan fingerprint density at radius 3 is 1.85 bits per heavy atom. The van der Waals surface area contributed by atoms with Gasteiger partial charge in [0.2, 0.25) is 0 Å². The molecule has 0 rings (SSSR count). The molecule has 0 aliphatic carbocycles. The van der Waals surface area contributed by atoms with Crippen molar-refractivity contribution < 1.29 is 19.1 Å². The van der Waals surface area contributed by atoms with Gasteiger partial charge in [-0.05, 0) is 54.9 Å². The Balaban J connectivity index is 4.77. The third kappa shape index (κ3) is 9.42. The highest BCUT2D eigenvalue weighted by Crippen LogP contribution is 2.13. The Labute approximate surface area is 121 Å². The molecule has 1 amide bonds. The molecule has 1 atom stereocenters. The van der Waals surface area contributed by atoms with E-state index < -0.39 is 29.3 Å². The van der Waals surface area contributed by atoms with Crippen LogP contribution >= 0.6 is 0 Å². The minimum absolute atomic E-state index is 0.314. The van der Waals surface area contributed by atoms with Crippen LogP contribution in [-0.4, -0.2) is 29.3 Å². The van der Waals surface area contributed by atoms with E-state index in [4.69, 9.17) is 9.47 Å². The first-order valence-corrected chi connectivity index (χ1v) is 6.67. The summed E-state index contributed by atoms with van der Waals surface area (Å²) in [5, 5.41) is 2.53. The van der Waals surface area contributed by atoms with Gasteiger partial charge in [-0.15, -0.1) is 6.58 Å². The molecule has 0 heterocycles. The van der Waals surface area contributed by atoms with Gasteiger partial charge in [0.05, 0.1) is 0 Å². The van der Waals surface area contributed by atoms with Crippen LogP contribution in [0.15, 0.2) is 12.2 Å². The first-order chi connectivity index (χ1) is 8.80. The second-order valence-electron chi connectivity index (χ2n) is 6.89. The van der Waals surface area contributed by atoms with Crippen molar-refractivity contribution in [1.29, 1.82) is 0 Å². The number of rotatable bonds is 4. The normalized spacial score (nSPS) is 13.3. The lowest BCUT2D eigenvalue weighted by molar-refractivity contribution is -0.157. The van der Waals surface area contributed by atoms with Gasteiger partial charge in [-0.2, -0.15) is 0 Å². The lowest BCUT2D eigenvalue weighted by atomic mass is 10.1. The molecule has 0 aromatic heterocycles. The fourth-order valence-corrected chi connectivity index (χ4v) is 1.36. The topological polar surface area (TPSA) is 64.6 Å². The van der Waals surface area contributed by atoms with Crippen LogP contribution in [0.2, 0.25) is 0 Å². The van der Waals surface area contributed by atoms with E-state index >= 15 is 0 Å². The fraction of sp³-hybridized carbons (Fsp3) is 0.733. The molecule has 0 radical (unpaired) electrons. The predicted octanol–water partition coefficient (Wildman–Crippen LogP) is 3.19. The van der Waals surface area contributed by atoms with E-state index in [1.165, 1.54) is 0 Å².